The molecule has 2 saturated heterocycles. The molecular formula is C26H29FN2O7. The van der Waals surface area contributed by atoms with Crippen molar-refractivity contribution in [3.8, 4) is 0 Å². The number of hydrogen-bond acceptors (Lipinski definition) is 6. The van der Waals surface area contributed by atoms with Gasteiger partial charge < -0.3 is 20.2 Å². The van der Waals surface area contributed by atoms with Gasteiger partial charge in [-0.3, -0.25) is 14.5 Å². The Kier molecular flexibility index (Phi) is 9.26. The zero-order valence-electron chi connectivity index (χ0n) is 19.6. The summed E-state index contributed by atoms with van der Waals surface area (Å²) in [7, 11) is 0. The van der Waals surface area contributed by atoms with Crippen LogP contribution in [0.15, 0.2) is 54.6 Å². The molecule has 9 nitrogen and oxygen atoms in total. The summed E-state index contributed by atoms with van der Waals surface area (Å²) in [6.45, 7) is 2.44. The maximum atomic E-state index is 13.1. The Morgan fingerprint density at radius 3 is 1.92 bits per heavy atom. The van der Waals surface area contributed by atoms with Crippen molar-refractivity contribution in [1.82, 2.24) is 9.80 Å². The molecule has 2 aromatic carbocycles. The Hall–Kier alpha value is -3.63. The molecule has 192 valence electrons. The van der Waals surface area contributed by atoms with Crippen molar-refractivity contribution >= 4 is 23.6 Å². The summed E-state index contributed by atoms with van der Waals surface area (Å²) < 4.78 is 13.1. The molecule has 4 rings (SSSR count). The van der Waals surface area contributed by atoms with Crippen LogP contribution in [0, 0.1) is 11.7 Å². The quantitative estimate of drug-likeness (QED) is 0.429. The van der Waals surface area contributed by atoms with Gasteiger partial charge in [-0.15, -0.1) is 0 Å². The number of halogens is 1. The molecule has 0 spiro atoms. The fourth-order valence-corrected chi connectivity index (χ4v) is 4.57. The van der Waals surface area contributed by atoms with Crippen LogP contribution in [-0.2, 0) is 9.59 Å². The number of aliphatic carboxylic acids is 2. The lowest BCUT2D eigenvalue weighted by atomic mass is 9.87. The summed E-state index contributed by atoms with van der Waals surface area (Å²) in [6.07, 6.45) is 1.48. The SMILES string of the molecule is O=C(O)C(=O)O.O=C(c1ccc(F)cc1)C1CCN([C@@H]2CN(C(=O)c3ccccc3)CC[C@H]2O)CC1. The smallest absolute Gasteiger partial charge is 0.414 e. The van der Waals surface area contributed by atoms with E-state index >= 15 is 0 Å². The molecule has 1 amide bonds. The minimum Gasteiger partial charge on any atom is -0.473 e. The molecule has 2 fully saturated rings. The molecule has 2 aromatic rings. The second-order valence-electron chi connectivity index (χ2n) is 8.83. The predicted octanol–water partition coefficient (Wildman–Crippen LogP) is 2.15. The Morgan fingerprint density at radius 2 is 1.36 bits per heavy atom. The number of nitrogens with zero attached hydrogens (tertiary/aromatic N) is 2. The number of ketones is 1. The van der Waals surface area contributed by atoms with Gasteiger partial charge in [0.05, 0.1) is 12.1 Å². The Morgan fingerprint density at radius 1 is 0.778 bits per heavy atom. The fourth-order valence-electron chi connectivity index (χ4n) is 4.57. The Bertz CT molecular complexity index is 1060. The van der Waals surface area contributed by atoms with Gasteiger partial charge in [0, 0.05) is 30.1 Å². The lowest BCUT2D eigenvalue weighted by molar-refractivity contribution is -0.159. The summed E-state index contributed by atoms with van der Waals surface area (Å²) >= 11 is 0. The summed E-state index contributed by atoms with van der Waals surface area (Å²) in [5, 5.41) is 25.4. The van der Waals surface area contributed by atoms with Crippen molar-refractivity contribution in [3.63, 3.8) is 0 Å². The largest absolute Gasteiger partial charge is 0.473 e. The van der Waals surface area contributed by atoms with E-state index in [1.165, 1.54) is 12.1 Å². The first-order valence-electron chi connectivity index (χ1n) is 11.7. The first-order valence-corrected chi connectivity index (χ1v) is 11.7. The van der Waals surface area contributed by atoms with E-state index < -0.39 is 18.0 Å². The molecule has 0 radical (unpaired) electrons. The average molecular weight is 501 g/mol. The van der Waals surface area contributed by atoms with Crippen LogP contribution >= 0.6 is 0 Å². The van der Waals surface area contributed by atoms with Gasteiger partial charge in [0.2, 0.25) is 0 Å². The summed E-state index contributed by atoms with van der Waals surface area (Å²) in [5.41, 5.74) is 1.21. The summed E-state index contributed by atoms with van der Waals surface area (Å²) in [6, 6.07) is 14.8. The zero-order chi connectivity index (χ0) is 26.2. The second-order valence-corrected chi connectivity index (χ2v) is 8.83. The number of piperidine rings is 2. The molecule has 2 aliphatic rings. The number of aliphatic hydroxyl groups is 1. The fraction of sp³-hybridized carbons (Fsp3) is 0.385. The molecule has 2 atom stereocenters. The van der Waals surface area contributed by atoms with E-state index in [-0.39, 0.29) is 29.5 Å². The second kappa shape index (κ2) is 12.4. The van der Waals surface area contributed by atoms with Gasteiger partial charge in [-0.1, -0.05) is 18.2 Å². The van der Waals surface area contributed by atoms with Crippen LogP contribution in [0.5, 0.6) is 0 Å². The van der Waals surface area contributed by atoms with E-state index in [0.29, 0.717) is 56.6 Å². The molecule has 10 heteroatoms. The predicted molar refractivity (Wildman–Crippen MR) is 127 cm³/mol. The van der Waals surface area contributed by atoms with E-state index in [4.69, 9.17) is 19.8 Å². The van der Waals surface area contributed by atoms with Crippen molar-refractivity contribution in [2.45, 2.75) is 31.4 Å². The molecule has 2 heterocycles. The molecule has 0 bridgehead atoms. The summed E-state index contributed by atoms with van der Waals surface area (Å²) in [4.78, 5) is 47.8. The lowest BCUT2D eigenvalue weighted by Gasteiger charge is -2.44. The van der Waals surface area contributed by atoms with Gasteiger partial charge in [0.1, 0.15) is 5.82 Å². The molecule has 0 saturated carbocycles. The van der Waals surface area contributed by atoms with Gasteiger partial charge in [-0.05, 0) is 68.8 Å². The maximum absolute atomic E-state index is 13.1. The monoisotopic (exact) mass is 500 g/mol. The number of carbonyl (C=O) groups excluding carboxylic acids is 2. The normalized spacial score (nSPS) is 20.7. The van der Waals surface area contributed by atoms with Crippen LogP contribution in [-0.4, -0.2) is 87.1 Å². The van der Waals surface area contributed by atoms with Crippen molar-refractivity contribution in [2.75, 3.05) is 26.2 Å². The topological polar surface area (TPSA) is 135 Å². The highest BCUT2D eigenvalue weighted by Crippen LogP contribution is 2.27. The number of carboxylic acid groups (broad SMARTS) is 2. The number of likely N-dealkylation sites (tertiary alicyclic amines) is 2. The number of rotatable bonds is 4. The third-order valence-corrected chi connectivity index (χ3v) is 6.54. The van der Waals surface area contributed by atoms with Crippen molar-refractivity contribution < 1.29 is 38.9 Å². The molecule has 2 aliphatic heterocycles. The number of hydrogen-bond donors (Lipinski definition) is 3. The van der Waals surface area contributed by atoms with Crippen LogP contribution < -0.4 is 0 Å². The summed E-state index contributed by atoms with van der Waals surface area (Å²) in [5.74, 6) is -4.03. The van der Waals surface area contributed by atoms with Gasteiger partial charge in [-0.2, -0.15) is 0 Å². The van der Waals surface area contributed by atoms with E-state index in [2.05, 4.69) is 4.90 Å². The van der Waals surface area contributed by atoms with Crippen LogP contribution in [0.25, 0.3) is 0 Å². The number of Topliss-reactive ketones (excluding diaryl/α,β-unsaturated/α-hetero) is 1. The first kappa shape index (κ1) is 27.0. The number of carbonyl (C=O) groups is 4. The number of benzene rings is 2. The number of carboxylic acids is 2. The molecule has 0 unspecified atom stereocenters. The Labute approximate surface area is 207 Å². The van der Waals surface area contributed by atoms with Crippen molar-refractivity contribution in [3.05, 3.63) is 71.5 Å². The van der Waals surface area contributed by atoms with Gasteiger partial charge in [0.25, 0.3) is 5.91 Å². The lowest BCUT2D eigenvalue weighted by Crippen LogP contribution is -2.58. The van der Waals surface area contributed by atoms with Crippen molar-refractivity contribution in [2.24, 2.45) is 5.92 Å². The van der Waals surface area contributed by atoms with Crippen molar-refractivity contribution in [1.29, 1.82) is 0 Å². The molecule has 0 aliphatic carbocycles. The van der Waals surface area contributed by atoms with E-state index in [0.717, 1.165) is 0 Å². The number of amides is 1. The standard InChI is InChI=1S/C24H27FN2O3.C2H2O4/c25-20-8-6-17(7-9-20)23(29)18-10-13-26(14-11-18)21-16-27(15-12-22(21)28)24(30)19-4-2-1-3-5-19;3-1(4)2(5)6/h1-9,18,21-22,28H,10-16H2;(H,3,4)(H,5,6)/t21-,22-;/m1./s1. The minimum absolute atomic E-state index is 0.00567. The van der Waals surface area contributed by atoms with E-state index in [1.54, 1.807) is 12.1 Å². The van der Waals surface area contributed by atoms with Gasteiger partial charge >= 0.3 is 11.9 Å². The molecule has 3 N–H and O–H groups in total. The third kappa shape index (κ3) is 6.96. The van der Waals surface area contributed by atoms with Crippen LogP contribution in [0.1, 0.15) is 40.0 Å². The van der Waals surface area contributed by atoms with Crippen LogP contribution in [0.2, 0.25) is 0 Å². The van der Waals surface area contributed by atoms with E-state index in [9.17, 15) is 19.1 Å². The first-order chi connectivity index (χ1) is 17.2. The van der Waals surface area contributed by atoms with Gasteiger partial charge in [-0.25, -0.2) is 14.0 Å². The Balaban J connectivity index is 0.000000538. The third-order valence-electron chi connectivity index (χ3n) is 6.54. The van der Waals surface area contributed by atoms with E-state index in [1.807, 2.05) is 35.2 Å². The minimum atomic E-state index is -1.82. The average Bonchev–Trinajstić information content (AvgIpc) is 2.89. The highest BCUT2D eigenvalue weighted by molar-refractivity contribution is 6.27. The van der Waals surface area contributed by atoms with Gasteiger partial charge in [0.15, 0.2) is 5.78 Å². The number of aliphatic hydroxyl groups excluding tert-OH is 1. The maximum Gasteiger partial charge on any atom is 0.414 e. The highest BCUT2D eigenvalue weighted by Gasteiger charge is 2.37. The zero-order valence-corrected chi connectivity index (χ0v) is 19.6. The van der Waals surface area contributed by atoms with Crippen LogP contribution in [0.3, 0.4) is 0 Å². The van der Waals surface area contributed by atoms with Crippen LogP contribution in [0.4, 0.5) is 4.39 Å². The molecule has 36 heavy (non-hydrogen) atoms. The molecular weight excluding hydrogens is 471 g/mol. The molecule has 0 aromatic heterocycles. The highest BCUT2D eigenvalue weighted by atomic mass is 19.1.